The van der Waals surface area contributed by atoms with E-state index in [1.54, 1.807) is 7.11 Å². The fourth-order valence-electron chi connectivity index (χ4n) is 2.30. The smallest absolute Gasteiger partial charge is 0.120 e. The zero-order chi connectivity index (χ0) is 13.0. The van der Waals surface area contributed by atoms with Crippen LogP contribution < -0.4 is 5.73 Å². The highest BCUT2D eigenvalue weighted by Gasteiger charge is 2.14. The summed E-state index contributed by atoms with van der Waals surface area (Å²) in [7, 11) is 1.74. The molecule has 1 aromatic rings. The molecule has 2 N–H and O–H groups in total. The maximum Gasteiger partial charge on any atom is 0.120 e. The monoisotopic (exact) mass is 250 g/mol. The lowest BCUT2D eigenvalue weighted by Crippen LogP contribution is -2.28. The molecule has 18 heavy (non-hydrogen) atoms. The molecule has 1 aliphatic heterocycles. The van der Waals surface area contributed by atoms with E-state index >= 15 is 0 Å². The maximum absolute atomic E-state index is 5.73. The summed E-state index contributed by atoms with van der Waals surface area (Å²) >= 11 is 0. The van der Waals surface area contributed by atoms with E-state index < -0.39 is 0 Å². The van der Waals surface area contributed by atoms with Crippen LogP contribution in [0, 0.1) is 6.92 Å². The van der Waals surface area contributed by atoms with Gasteiger partial charge in [0.25, 0.3) is 0 Å². The van der Waals surface area contributed by atoms with Gasteiger partial charge < -0.3 is 14.9 Å². The summed E-state index contributed by atoms with van der Waals surface area (Å²) in [6.45, 7) is 6.16. The number of methoxy groups -OCH3 is 1. The maximum atomic E-state index is 5.73. The zero-order valence-corrected chi connectivity index (χ0v) is 11.2. The van der Waals surface area contributed by atoms with Crippen LogP contribution in [-0.4, -0.2) is 31.7 Å². The molecule has 1 aromatic heterocycles. The molecule has 1 aliphatic rings. The number of nitrogens with two attached hydrogens (primary N) is 1. The van der Waals surface area contributed by atoms with Gasteiger partial charge in [0.15, 0.2) is 0 Å². The van der Waals surface area contributed by atoms with Crippen molar-refractivity contribution in [1.29, 1.82) is 0 Å². The lowest BCUT2D eigenvalue weighted by molar-refractivity contribution is 0.206. The molecule has 0 aliphatic carbocycles. The van der Waals surface area contributed by atoms with Crippen molar-refractivity contribution in [2.45, 2.75) is 26.4 Å². The predicted molar refractivity (Wildman–Crippen MR) is 71.2 cm³/mol. The quantitative estimate of drug-likeness (QED) is 0.810. The Kier molecular flexibility index (Phi) is 4.58. The first-order valence-electron chi connectivity index (χ1n) is 6.40. The van der Waals surface area contributed by atoms with Crippen LogP contribution in [0.15, 0.2) is 22.1 Å². The van der Waals surface area contributed by atoms with Crippen molar-refractivity contribution in [3.63, 3.8) is 0 Å². The molecule has 0 saturated carbocycles. The lowest BCUT2D eigenvalue weighted by Gasteiger charge is -2.25. The highest BCUT2D eigenvalue weighted by atomic mass is 16.5. The minimum Gasteiger partial charge on any atom is -0.463 e. The molecule has 0 amide bonds. The van der Waals surface area contributed by atoms with E-state index in [-0.39, 0.29) is 0 Å². The first-order chi connectivity index (χ1) is 8.72. The number of aryl methyl sites for hydroxylation is 1. The second-order valence-corrected chi connectivity index (χ2v) is 4.80. The van der Waals surface area contributed by atoms with Crippen molar-refractivity contribution in [2.75, 3.05) is 26.8 Å². The predicted octanol–water partition coefficient (Wildman–Crippen LogP) is 1.83. The minimum atomic E-state index is 0.476. The van der Waals surface area contributed by atoms with Gasteiger partial charge >= 0.3 is 0 Å². The molecule has 0 atom stereocenters. The summed E-state index contributed by atoms with van der Waals surface area (Å²) < 4.78 is 10.9. The molecule has 4 nitrogen and oxygen atoms in total. The minimum absolute atomic E-state index is 0.476. The summed E-state index contributed by atoms with van der Waals surface area (Å²) in [5.74, 6) is 1.91. The molecule has 0 aromatic carbocycles. The molecule has 0 spiro atoms. The third-order valence-electron chi connectivity index (χ3n) is 3.35. The summed E-state index contributed by atoms with van der Waals surface area (Å²) in [5, 5.41) is 0. The van der Waals surface area contributed by atoms with E-state index in [9.17, 15) is 0 Å². The standard InChI is InChI=1S/C14H22N2O2/c1-11-7-13(18-14(11)8-15)9-16-5-3-12(4-6-16)10-17-2/h3,7H,4-6,8-10,15H2,1-2H3. The van der Waals surface area contributed by atoms with Gasteiger partial charge in [-0.25, -0.2) is 0 Å². The number of hydrogen-bond acceptors (Lipinski definition) is 4. The summed E-state index contributed by atoms with van der Waals surface area (Å²) in [6.07, 6.45) is 3.34. The van der Waals surface area contributed by atoms with Gasteiger partial charge in [0.1, 0.15) is 11.5 Å². The van der Waals surface area contributed by atoms with Crippen LogP contribution in [0.25, 0.3) is 0 Å². The molecule has 0 radical (unpaired) electrons. The van der Waals surface area contributed by atoms with Gasteiger partial charge in [0.2, 0.25) is 0 Å². The van der Waals surface area contributed by atoms with Crippen molar-refractivity contribution < 1.29 is 9.15 Å². The van der Waals surface area contributed by atoms with Crippen LogP contribution in [0.1, 0.15) is 23.5 Å². The Balaban J connectivity index is 1.91. The van der Waals surface area contributed by atoms with Gasteiger partial charge in [-0.1, -0.05) is 6.08 Å². The lowest BCUT2D eigenvalue weighted by atomic mass is 10.1. The number of nitrogens with zero attached hydrogens (tertiary/aromatic N) is 1. The number of hydrogen-bond donors (Lipinski definition) is 1. The Hall–Kier alpha value is -1.10. The van der Waals surface area contributed by atoms with Crippen molar-refractivity contribution in [1.82, 2.24) is 4.90 Å². The Morgan fingerprint density at radius 3 is 2.89 bits per heavy atom. The van der Waals surface area contributed by atoms with Gasteiger partial charge in [0, 0.05) is 20.2 Å². The van der Waals surface area contributed by atoms with Crippen LogP contribution >= 0.6 is 0 Å². The van der Waals surface area contributed by atoms with Gasteiger partial charge in [-0.15, -0.1) is 0 Å². The fraction of sp³-hybridized carbons (Fsp3) is 0.571. The molecule has 0 saturated heterocycles. The van der Waals surface area contributed by atoms with E-state index in [0.29, 0.717) is 6.54 Å². The Morgan fingerprint density at radius 1 is 1.50 bits per heavy atom. The van der Waals surface area contributed by atoms with Crippen molar-refractivity contribution in [2.24, 2.45) is 5.73 Å². The SMILES string of the molecule is COCC1=CCN(Cc2cc(C)c(CN)o2)CC1. The summed E-state index contributed by atoms with van der Waals surface area (Å²) in [4.78, 5) is 2.37. The Morgan fingerprint density at radius 2 is 2.33 bits per heavy atom. The van der Waals surface area contributed by atoms with Crippen LogP contribution in [0.5, 0.6) is 0 Å². The number of furan rings is 1. The zero-order valence-electron chi connectivity index (χ0n) is 11.2. The normalized spacial score (nSPS) is 16.9. The molecule has 0 fully saturated rings. The number of ether oxygens (including phenoxy) is 1. The second kappa shape index (κ2) is 6.18. The summed E-state index contributed by atoms with van der Waals surface area (Å²) in [5.41, 5.74) is 8.17. The molecule has 2 heterocycles. The van der Waals surface area contributed by atoms with Gasteiger partial charge in [0.05, 0.1) is 19.7 Å². The Bertz CT molecular complexity index is 423. The van der Waals surface area contributed by atoms with E-state index in [4.69, 9.17) is 14.9 Å². The van der Waals surface area contributed by atoms with Crippen molar-refractivity contribution in [3.05, 3.63) is 34.8 Å². The fourth-order valence-corrected chi connectivity index (χ4v) is 2.30. The van der Waals surface area contributed by atoms with Gasteiger partial charge in [-0.3, -0.25) is 4.90 Å². The van der Waals surface area contributed by atoms with Gasteiger partial charge in [-0.05, 0) is 30.5 Å². The largest absolute Gasteiger partial charge is 0.463 e. The number of rotatable bonds is 5. The van der Waals surface area contributed by atoms with Crippen molar-refractivity contribution in [3.8, 4) is 0 Å². The van der Waals surface area contributed by atoms with Crippen LogP contribution in [-0.2, 0) is 17.8 Å². The van der Waals surface area contributed by atoms with Crippen LogP contribution in [0.4, 0.5) is 0 Å². The van der Waals surface area contributed by atoms with E-state index in [2.05, 4.69) is 17.0 Å². The molecule has 0 bridgehead atoms. The molecular weight excluding hydrogens is 228 g/mol. The van der Waals surface area contributed by atoms with Crippen LogP contribution in [0.2, 0.25) is 0 Å². The first-order valence-corrected chi connectivity index (χ1v) is 6.40. The summed E-state index contributed by atoms with van der Waals surface area (Å²) in [6, 6.07) is 2.09. The van der Waals surface area contributed by atoms with E-state index in [1.807, 2.05) is 6.92 Å². The average molecular weight is 250 g/mol. The molecule has 2 rings (SSSR count). The van der Waals surface area contributed by atoms with Crippen LogP contribution in [0.3, 0.4) is 0 Å². The third kappa shape index (κ3) is 3.22. The third-order valence-corrected chi connectivity index (χ3v) is 3.35. The van der Waals surface area contributed by atoms with Gasteiger partial charge in [-0.2, -0.15) is 0 Å². The molecule has 0 unspecified atom stereocenters. The molecule has 4 heteroatoms. The average Bonchev–Trinajstić information content (AvgIpc) is 2.72. The highest BCUT2D eigenvalue weighted by molar-refractivity contribution is 5.20. The first kappa shape index (κ1) is 13.3. The second-order valence-electron chi connectivity index (χ2n) is 4.80. The molecular formula is C14H22N2O2. The van der Waals surface area contributed by atoms with E-state index in [1.165, 1.54) is 5.57 Å². The van der Waals surface area contributed by atoms with Crippen molar-refractivity contribution >= 4 is 0 Å². The molecule has 100 valence electrons. The highest BCUT2D eigenvalue weighted by Crippen LogP contribution is 2.18. The van der Waals surface area contributed by atoms with E-state index in [0.717, 1.165) is 49.7 Å². The topological polar surface area (TPSA) is 51.6 Å². The Labute approximate surface area is 108 Å².